The molecule has 0 spiro atoms. The number of amides is 2. The maximum Gasteiger partial charge on any atom is 0.319 e. The van der Waals surface area contributed by atoms with Crippen LogP contribution in [-0.4, -0.2) is 31.4 Å². The number of hydrogen-bond acceptors (Lipinski definition) is 3. The van der Waals surface area contributed by atoms with Crippen LogP contribution in [0, 0.1) is 0 Å². The SMILES string of the molecule is COc1ccc(NC(=O)NCC(CCO)c2ccccc2)cc1Cl. The van der Waals surface area contributed by atoms with Crippen LogP contribution < -0.4 is 15.4 Å². The number of carbonyl (C=O) groups is 1. The standard InChI is InChI=1S/C18H21ClN2O3/c1-24-17-8-7-15(11-16(17)19)21-18(23)20-12-14(9-10-22)13-5-3-2-4-6-13/h2-8,11,14,22H,9-10,12H2,1H3,(H2,20,21,23). The molecule has 0 aliphatic carbocycles. The van der Waals surface area contributed by atoms with Gasteiger partial charge in [-0.1, -0.05) is 41.9 Å². The molecular weight excluding hydrogens is 328 g/mol. The molecule has 3 N–H and O–H groups in total. The van der Waals surface area contributed by atoms with E-state index in [0.717, 1.165) is 5.56 Å². The van der Waals surface area contributed by atoms with E-state index >= 15 is 0 Å². The zero-order chi connectivity index (χ0) is 17.4. The summed E-state index contributed by atoms with van der Waals surface area (Å²) in [6, 6.07) is 14.5. The predicted octanol–water partition coefficient (Wildman–Crippen LogP) is 3.64. The Bertz CT molecular complexity index is 665. The molecule has 0 saturated heterocycles. The highest BCUT2D eigenvalue weighted by Crippen LogP contribution is 2.27. The highest BCUT2D eigenvalue weighted by molar-refractivity contribution is 6.32. The second-order valence-electron chi connectivity index (χ2n) is 5.30. The molecule has 0 bridgehead atoms. The maximum atomic E-state index is 12.1. The van der Waals surface area contributed by atoms with Crippen molar-refractivity contribution < 1.29 is 14.6 Å². The van der Waals surface area contributed by atoms with E-state index in [1.807, 2.05) is 30.3 Å². The van der Waals surface area contributed by atoms with E-state index in [4.69, 9.17) is 16.3 Å². The van der Waals surface area contributed by atoms with Gasteiger partial charge >= 0.3 is 6.03 Å². The average molecular weight is 349 g/mol. The smallest absolute Gasteiger partial charge is 0.319 e. The summed E-state index contributed by atoms with van der Waals surface area (Å²) in [6.07, 6.45) is 0.582. The molecule has 128 valence electrons. The summed E-state index contributed by atoms with van der Waals surface area (Å²) in [5.74, 6) is 0.608. The van der Waals surface area contributed by atoms with Crippen molar-refractivity contribution >= 4 is 23.3 Å². The number of anilines is 1. The number of urea groups is 1. The summed E-state index contributed by atoms with van der Waals surface area (Å²) in [5.41, 5.74) is 1.66. The lowest BCUT2D eigenvalue weighted by Gasteiger charge is -2.17. The first-order valence-electron chi connectivity index (χ1n) is 7.68. The molecule has 0 heterocycles. The van der Waals surface area contributed by atoms with Crippen molar-refractivity contribution in [2.75, 3.05) is 25.6 Å². The van der Waals surface area contributed by atoms with Crippen molar-refractivity contribution in [2.45, 2.75) is 12.3 Å². The summed E-state index contributed by atoms with van der Waals surface area (Å²) in [6.45, 7) is 0.497. The molecular formula is C18H21ClN2O3. The van der Waals surface area contributed by atoms with Gasteiger partial charge in [0.15, 0.2) is 0 Å². The van der Waals surface area contributed by atoms with Crippen molar-refractivity contribution in [3.8, 4) is 5.75 Å². The van der Waals surface area contributed by atoms with E-state index in [1.54, 1.807) is 18.2 Å². The van der Waals surface area contributed by atoms with Crippen LogP contribution in [0.3, 0.4) is 0 Å². The number of hydrogen-bond donors (Lipinski definition) is 3. The Kier molecular flexibility index (Phi) is 6.90. The molecule has 2 amide bonds. The fraction of sp³-hybridized carbons (Fsp3) is 0.278. The zero-order valence-corrected chi connectivity index (χ0v) is 14.2. The fourth-order valence-electron chi connectivity index (χ4n) is 2.40. The topological polar surface area (TPSA) is 70.6 Å². The van der Waals surface area contributed by atoms with Crippen molar-refractivity contribution in [3.63, 3.8) is 0 Å². The normalized spacial score (nSPS) is 11.6. The molecule has 2 rings (SSSR count). The molecule has 0 saturated carbocycles. The third-order valence-electron chi connectivity index (χ3n) is 3.67. The quantitative estimate of drug-likeness (QED) is 0.715. The zero-order valence-electron chi connectivity index (χ0n) is 13.5. The number of methoxy groups -OCH3 is 1. The molecule has 0 aromatic heterocycles. The van der Waals surface area contributed by atoms with Crippen LogP contribution in [0.1, 0.15) is 17.9 Å². The van der Waals surface area contributed by atoms with Gasteiger partial charge in [-0.15, -0.1) is 0 Å². The van der Waals surface area contributed by atoms with Gasteiger partial charge in [-0.3, -0.25) is 0 Å². The first-order valence-corrected chi connectivity index (χ1v) is 8.06. The highest BCUT2D eigenvalue weighted by Gasteiger charge is 2.12. The van der Waals surface area contributed by atoms with Gasteiger partial charge in [-0.05, 0) is 30.2 Å². The number of aliphatic hydroxyl groups excluding tert-OH is 1. The predicted molar refractivity (Wildman–Crippen MR) is 95.9 cm³/mol. The van der Waals surface area contributed by atoms with Crippen LogP contribution in [0.25, 0.3) is 0 Å². The third-order valence-corrected chi connectivity index (χ3v) is 3.96. The lowest BCUT2D eigenvalue weighted by atomic mass is 9.96. The molecule has 2 aromatic rings. The molecule has 0 aliphatic rings. The number of aliphatic hydroxyl groups is 1. The van der Waals surface area contributed by atoms with Crippen LogP contribution in [0.4, 0.5) is 10.5 Å². The first-order chi connectivity index (χ1) is 11.6. The lowest BCUT2D eigenvalue weighted by molar-refractivity contribution is 0.248. The fourth-order valence-corrected chi connectivity index (χ4v) is 2.66. The number of carbonyl (C=O) groups excluding carboxylic acids is 1. The molecule has 1 unspecified atom stereocenters. The summed E-state index contributed by atoms with van der Waals surface area (Å²) in [5, 5.41) is 15.2. The summed E-state index contributed by atoms with van der Waals surface area (Å²) < 4.78 is 5.08. The Labute approximate surface area is 146 Å². The molecule has 2 aromatic carbocycles. The number of ether oxygens (including phenoxy) is 1. The van der Waals surface area contributed by atoms with E-state index < -0.39 is 0 Å². The van der Waals surface area contributed by atoms with Crippen molar-refractivity contribution in [3.05, 3.63) is 59.1 Å². The molecule has 1 atom stereocenters. The molecule has 0 fully saturated rings. The van der Waals surface area contributed by atoms with Gasteiger partial charge in [0.05, 0.1) is 12.1 Å². The Hall–Kier alpha value is -2.24. The number of benzene rings is 2. The Morgan fingerprint density at radius 3 is 2.62 bits per heavy atom. The van der Waals surface area contributed by atoms with Crippen LogP contribution in [0.15, 0.2) is 48.5 Å². The van der Waals surface area contributed by atoms with Crippen LogP contribution in [0.5, 0.6) is 5.75 Å². The third kappa shape index (κ3) is 5.15. The molecule has 0 aliphatic heterocycles. The van der Waals surface area contributed by atoms with E-state index in [2.05, 4.69) is 10.6 Å². The maximum absolute atomic E-state index is 12.1. The largest absolute Gasteiger partial charge is 0.495 e. The van der Waals surface area contributed by atoms with Gasteiger partial charge in [-0.2, -0.15) is 0 Å². The highest BCUT2D eigenvalue weighted by atomic mass is 35.5. The van der Waals surface area contributed by atoms with E-state index in [1.165, 1.54) is 7.11 Å². The summed E-state index contributed by atoms with van der Waals surface area (Å²) >= 11 is 6.04. The van der Waals surface area contributed by atoms with Crippen LogP contribution >= 0.6 is 11.6 Å². The van der Waals surface area contributed by atoms with Gasteiger partial charge < -0.3 is 20.5 Å². The Balaban J connectivity index is 1.92. The number of nitrogens with one attached hydrogen (secondary N) is 2. The Morgan fingerprint density at radius 1 is 1.25 bits per heavy atom. The van der Waals surface area contributed by atoms with Gasteiger partial charge in [0, 0.05) is 24.8 Å². The molecule has 0 radical (unpaired) electrons. The van der Waals surface area contributed by atoms with E-state index in [-0.39, 0.29) is 18.6 Å². The second kappa shape index (κ2) is 9.15. The second-order valence-corrected chi connectivity index (χ2v) is 5.71. The molecule has 24 heavy (non-hydrogen) atoms. The monoisotopic (exact) mass is 348 g/mol. The van der Waals surface area contributed by atoms with Crippen molar-refractivity contribution in [1.29, 1.82) is 0 Å². The first kappa shape index (κ1) is 18.1. The Morgan fingerprint density at radius 2 is 2.00 bits per heavy atom. The minimum absolute atomic E-state index is 0.0569. The number of rotatable bonds is 7. The number of halogens is 1. The summed E-state index contributed by atoms with van der Waals surface area (Å²) in [7, 11) is 1.53. The van der Waals surface area contributed by atoms with Gasteiger partial charge in [0.1, 0.15) is 5.75 Å². The lowest BCUT2D eigenvalue weighted by Crippen LogP contribution is -2.32. The summed E-state index contributed by atoms with van der Waals surface area (Å²) in [4.78, 5) is 12.1. The van der Waals surface area contributed by atoms with E-state index in [0.29, 0.717) is 29.4 Å². The molecule has 6 heteroatoms. The minimum Gasteiger partial charge on any atom is -0.495 e. The minimum atomic E-state index is -0.324. The van der Waals surface area contributed by atoms with Gasteiger partial charge in [0.25, 0.3) is 0 Å². The van der Waals surface area contributed by atoms with Crippen LogP contribution in [0.2, 0.25) is 5.02 Å². The van der Waals surface area contributed by atoms with Crippen molar-refractivity contribution in [2.24, 2.45) is 0 Å². The van der Waals surface area contributed by atoms with Gasteiger partial charge in [-0.25, -0.2) is 4.79 Å². The van der Waals surface area contributed by atoms with Crippen molar-refractivity contribution in [1.82, 2.24) is 5.32 Å². The van der Waals surface area contributed by atoms with Crippen LogP contribution in [-0.2, 0) is 0 Å². The van der Waals surface area contributed by atoms with Gasteiger partial charge in [0.2, 0.25) is 0 Å². The van der Waals surface area contributed by atoms with E-state index in [9.17, 15) is 9.90 Å². The molecule has 5 nitrogen and oxygen atoms in total. The average Bonchev–Trinajstić information content (AvgIpc) is 2.59.